The molecule has 42 heavy (non-hydrogen) atoms. The molecule has 0 radical (unpaired) electrons. The molecular formula is C31H37FN4O5S. The average molecular weight is 597 g/mol. The van der Waals surface area contributed by atoms with E-state index in [2.05, 4.69) is 10.2 Å². The van der Waals surface area contributed by atoms with Gasteiger partial charge in [-0.25, -0.2) is 12.8 Å². The molecule has 2 amide bonds. The maximum Gasteiger partial charge on any atom is 0.247 e. The Morgan fingerprint density at radius 2 is 1.50 bits per heavy atom. The van der Waals surface area contributed by atoms with E-state index >= 15 is 0 Å². The number of amides is 2. The highest BCUT2D eigenvalue weighted by Crippen LogP contribution is 2.25. The molecule has 0 bridgehead atoms. The predicted octanol–water partition coefficient (Wildman–Crippen LogP) is 2.81. The third-order valence-electron chi connectivity index (χ3n) is 7.08. The maximum atomic E-state index is 14.0. The Labute approximate surface area is 246 Å². The summed E-state index contributed by atoms with van der Waals surface area (Å²) in [5.41, 5.74) is 1.90. The van der Waals surface area contributed by atoms with Crippen molar-refractivity contribution in [3.05, 3.63) is 107 Å². The largest absolute Gasteiger partial charge is 0.379 e. The number of hydrogen-bond donors (Lipinski definition) is 1. The maximum absolute atomic E-state index is 14.0. The molecule has 0 unspecified atom stereocenters. The van der Waals surface area contributed by atoms with Gasteiger partial charge < -0.3 is 15.0 Å². The van der Waals surface area contributed by atoms with Gasteiger partial charge in [0.1, 0.15) is 11.9 Å². The smallest absolute Gasteiger partial charge is 0.247 e. The fraction of sp³-hybridized carbons (Fsp3) is 0.355. The first kappa shape index (κ1) is 31.3. The highest BCUT2D eigenvalue weighted by atomic mass is 32.2. The number of ether oxygens (including phenoxy) is 1. The second-order valence-electron chi connectivity index (χ2n) is 10.2. The van der Waals surface area contributed by atoms with Crippen LogP contribution in [0.5, 0.6) is 0 Å². The van der Waals surface area contributed by atoms with E-state index in [1.165, 1.54) is 17.0 Å². The van der Waals surface area contributed by atoms with Crippen molar-refractivity contribution in [1.82, 2.24) is 19.4 Å². The lowest BCUT2D eigenvalue weighted by Crippen LogP contribution is -2.49. The van der Waals surface area contributed by atoms with Gasteiger partial charge >= 0.3 is 0 Å². The van der Waals surface area contributed by atoms with E-state index in [4.69, 9.17) is 4.74 Å². The number of rotatable bonds is 13. The SMILES string of the molecule is CS(=O)(=O)N(CC(=O)N(Cc1ccc(F)cc1)[C@H](C(=O)NCCN1CCOCC1)c1ccccc1)Cc1ccccc1. The van der Waals surface area contributed by atoms with Crippen molar-refractivity contribution in [1.29, 1.82) is 0 Å². The van der Waals surface area contributed by atoms with Crippen molar-refractivity contribution in [3.8, 4) is 0 Å². The fourth-order valence-electron chi connectivity index (χ4n) is 4.80. The van der Waals surface area contributed by atoms with Gasteiger partial charge in [-0.1, -0.05) is 72.8 Å². The molecule has 0 saturated carbocycles. The monoisotopic (exact) mass is 596 g/mol. The van der Waals surface area contributed by atoms with E-state index in [0.29, 0.717) is 37.4 Å². The molecule has 9 nitrogen and oxygen atoms in total. The van der Waals surface area contributed by atoms with E-state index in [9.17, 15) is 22.4 Å². The molecule has 1 saturated heterocycles. The zero-order valence-electron chi connectivity index (χ0n) is 23.7. The lowest BCUT2D eigenvalue weighted by atomic mass is 10.0. The number of nitrogens with zero attached hydrogens (tertiary/aromatic N) is 3. The molecule has 11 heteroatoms. The van der Waals surface area contributed by atoms with E-state index in [1.54, 1.807) is 60.7 Å². The fourth-order valence-corrected chi connectivity index (χ4v) is 5.52. The van der Waals surface area contributed by atoms with Crippen molar-refractivity contribution < 1.29 is 27.1 Å². The molecule has 0 aromatic heterocycles. The van der Waals surface area contributed by atoms with Crippen molar-refractivity contribution >= 4 is 21.8 Å². The van der Waals surface area contributed by atoms with Crippen LogP contribution in [0.25, 0.3) is 0 Å². The molecule has 1 atom stereocenters. The topological polar surface area (TPSA) is 99.3 Å². The molecule has 3 aromatic rings. The zero-order valence-corrected chi connectivity index (χ0v) is 24.5. The van der Waals surface area contributed by atoms with Gasteiger partial charge in [0.05, 0.1) is 26.0 Å². The average Bonchev–Trinajstić information content (AvgIpc) is 2.98. The quantitative estimate of drug-likeness (QED) is 0.326. The van der Waals surface area contributed by atoms with Crippen molar-refractivity contribution in [2.24, 2.45) is 0 Å². The Kier molecular flexibility index (Phi) is 11.2. The summed E-state index contributed by atoms with van der Waals surface area (Å²) >= 11 is 0. The van der Waals surface area contributed by atoms with Crippen molar-refractivity contribution in [3.63, 3.8) is 0 Å². The predicted molar refractivity (Wildman–Crippen MR) is 158 cm³/mol. The van der Waals surface area contributed by atoms with Crippen LogP contribution in [0, 0.1) is 5.82 Å². The van der Waals surface area contributed by atoms with Crippen LogP contribution in [-0.2, 0) is 37.4 Å². The Morgan fingerprint density at radius 3 is 2.12 bits per heavy atom. The van der Waals surface area contributed by atoms with Gasteiger partial charge in [-0.15, -0.1) is 0 Å². The van der Waals surface area contributed by atoms with Crippen molar-refractivity contribution in [2.75, 3.05) is 52.2 Å². The van der Waals surface area contributed by atoms with Gasteiger partial charge in [0.15, 0.2) is 0 Å². The number of morpholine rings is 1. The van der Waals surface area contributed by atoms with Crippen LogP contribution in [0.4, 0.5) is 4.39 Å². The van der Waals surface area contributed by atoms with E-state index < -0.39 is 34.3 Å². The highest BCUT2D eigenvalue weighted by Gasteiger charge is 2.33. The zero-order chi connectivity index (χ0) is 30.0. The first-order valence-corrected chi connectivity index (χ1v) is 15.7. The number of halogens is 1. The summed E-state index contributed by atoms with van der Waals surface area (Å²) in [5, 5.41) is 2.98. The molecule has 1 aliphatic rings. The van der Waals surface area contributed by atoms with Crippen molar-refractivity contribution in [2.45, 2.75) is 19.1 Å². The number of nitrogens with one attached hydrogen (secondary N) is 1. The molecule has 0 spiro atoms. The Bertz CT molecular complexity index is 1400. The summed E-state index contributed by atoms with van der Waals surface area (Å²) in [6.07, 6.45) is 1.06. The van der Waals surface area contributed by atoms with E-state index in [1.807, 2.05) is 12.1 Å². The second kappa shape index (κ2) is 15.0. The summed E-state index contributed by atoms with van der Waals surface area (Å²) in [6.45, 7) is 3.31. The van der Waals surface area contributed by atoms with Gasteiger partial charge in [0.2, 0.25) is 21.8 Å². The number of carbonyl (C=O) groups excluding carboxylic acids is 2. The van der Waals surface area contributed by atoms with E-state index in [-0.39, 0.29) is 19.0 Å². The van der Waals surface area contributed by atoms with Crippen LogP contribution in [0.15, 0.2) is 84.9 Å². The van der Waals surface area contributed by atoms with Gasteiger partial charge in [-0.2, -0.15) is 4.31 Å². The summed E-state index contributed by atoms with van der Waals surface area (Å²) < 4.78 is 45.8. The highest BCUT2D eigenvalue weighted by molar-refractivity contribution is 7.88. The second-order valence-corrected chi connectivity index (χ2v) is 12.2. The Balaban J connectivity index is 1.63. The Hall–Kier alpha value is -3.64. The molecular weight excluding hydrogens is 559 g/mol. The summed E-state index contributed by atoms with van der Waals surface area (Å²) in [7, 11) is -3.79. The number of sulfonamides is 1. The van der Waals surface area contributed by atoms with Crippen LogP contribution in [-0.4, -0.2) is 86.5 Å². The third kappa shape index (κ3) is 9.18. The third-order valence-corrected chi connectivity index (χ3v) is 8.27. The van der Waals surface area contributed by atoms with Gasteiger partial charge in [-0.3, -0.25) is 14.5 Å². The summed E-state index contributed by atoms with van der Waals surface area (Å²) in [4.78, 5) is 31.4. The first-order chi connectivity index (χ1) is 20.2. The minimum atomic E-state index is -3.79. The molecule has 3 aromatic carbocycles. The molecule has 224 valence electrons. The minimum absolute atomic E-state index is 0.00243. The number of benzene rings is 3. The first-order valence-electron chi connectivity index (χ1n) is 13.9. The van der Waals surface area contributed by atoms with Crippen LogP contribution < -0.4 is 5.32 Å². The summed E-state index contributed by atoms with van der Waals surface area (Å²) in [5.74, 6) is -1.38. The van der Waals surface area contributed by atoms with E-state index in [0.717, 1.165) is 29.2 Å². The molecule has 0 aliphatic carbocycles. The van der Waals surface area contributed by atoms with Gasteiger partial charge in [-0.05, 0) is 28.8 Å². The lowest BCUT2D eigenvalue weighted by Gasteiger charge is -2.33. The van der Waals surface area contributed by atoms with Gasteiger partial charge in [0, 0.05) is 39.3 Å². The molecule has 1 N–H and O–H groups in total. The van der Waals surface area contributed by atoms with Gasteiger partial charge in [0.25, 0.3) is 0 Å². The number of carbonyl (C=O) groups is 2. The van der Waals surface area contributed by atoms with Crippen LogP contribution in [0.2, 0.25) is 0 Å². The molecule has 1 aliphatic heterocycles. The number of hydrogen-bond acceptors (Lipinski definition) is 6. The minimum Gasteiger partial charge on any atom is -0.379 e. The molecule has 1 heterocycles. The summed E-state index contributed by atoms with van der Waals surface area (Å²) in [6, 6.07) is 22.5. The standard InChI is InChI=1S/C31H37FN4O5S/c1-42(39,40)35(22-25-8-4-2-5-9-25)24-29(37)36(23-26-12-14-28(32)15-13-26)30(27-10-6-3-7-11-27)31(38)33-16-17-34-18-20-41-21-19-34/h2-15,30H,16-24H2,1H3,(H,33,38)/t30-/m0/s1. The lowest BCUT2D eigenvalue weighted by molar-refractivity contribution is -0.141. The molecule has 4 rings (SSSR count). The van der Waals surface area contributed by atoms with Crippen LogP contribution in [0.1, 0.15) is 22.7 Å². The van der Waals surface area contributed by atoms with Crippen LogP contribution >= 0.6 is 0 Å². The van der Waals surface area contributed by atoms with Crippen LogP contribution in [0.3, 0.4) is 0 Å². The Morgan fingerprint density at radius 1 is 0.905 bits per heavy atom. The normalized spacial score (nSPS) is 14.8. The molecule has 1 fully saturated rings.